The third-order valence-corrected chi connectivity index (χ3v) is 1.63. The van der Waals surface area contributed by atoms with E-state index < -0.39 is 0 Å². The second-order valence-electron chi connectivity index (χ2n) is 2.78. The monoisotopic (exact) mass is 145 g/mol. The summed E-state index contributed by atoms with van der Waals surface area (Å²) >= 11 is 0. The first-order valence-corrected chi connectivity index (χ1v) is 3.51. The van der Waals surface area contributed by atoms with E-state index in [2.05, 4.69) is 0 Å². The molecule has 2 heterocycles. The van der Waals surface area contributed by atoms with Gasteiger partial charge in [0.05, 0.1) is 38.5 Å². The topological polar surface area (TPSA) is 48.5 Å². The minimum Gasteiger partial charge on any atom is -0.372 e. The molecule has 0 bridgehead atoms. The van der Waals surface area contributed by atoms with Gasteiger partial charge in [0.15, 0.2) is 0 Å². The molecule has 0 aromatic carbocycles. The maximum absolute atomic E-state index is 9.14. The summed E-state index contributed by atoms with van der Waals surface area (Å²) in [6.45, 7) is 2.84. The van der Waals surface area contributed by atoms with Gasteiger partial charge in [-0.05, 0) is 0 Å². The molecule has 2 unspecified atom stereocenters. The third-order valence-electron chi connectivity index (χ3n) is 1.63. The average molecular weight is 145 g/mol. The van der Waals surface area contributed by atoms with Crippen LogP contribution in [0.4, 0.5) is 0 Å². The molecule has 2 aliphatic heterocycles. The largest absolute Gasteiger partial charge is 0.372 e. The molecule has 0 radical (unpaired) electrons. The molecule has 2 rings (SSSR count). The van der Waals surface area contributed by atoms with Crippen molar-refractivity contribution in [2.75, 3.05) is 26.3 Å². The van der Waals surface area contributed by atoms with Gasteiger partial charge in [0.2, 0.25) is 0 Å². The van der Waals surface area contributed by atoms with Gasteiger partial charge in [-0.25, -0.2) is 0 Å². The Labute approximate surface area is 59.3 Å². The van der Waals surface area contributed by atoms with Crippen LogP contribution >= 0.6 is 0 Å². The van der Waals surface area contributed by atoms with Crippen LogP contribution in [0.15, 0.2) is 0 Å². The smallest absolute Gasteiger partial charge is 0.0959 e. The molecule has 10 heavy (non-hydrogen) atoms. The average Bonchev–Trinajstić information content (AvgIpc) is 2.59. The Morgan fingerprint density at radius 3 is 1.90 bits per heavy atom. The van der Waals surface area contributed by atoms with Crippen LogP contribution in [0.3, 0.4) is 0 Å². The maximum atomic E-state index is 9.14. The molecule has 2 fully saturated rings. The highest BCUT2D eigenvalue weighted by molar-refractivity contribution is 4.75. The van der Waals surface area contributed by atoms with Crippen molar-refractivity contribution in [3.63, 3.8) is 0 Å². The van der Waals surface area contributed by atoms with Gasteiger partial charge in [-0.1, -0.05) is 0 Å². The van der Waals surface area contributed by atoms with Gasteiger partial charge in [0.25, 0.3) is 0 Å². The highest BCUT2D eigenvalue weighted by atomic mass is 16.6. The molecule has 2 atom stereocenters. The molecule has 2 aliphatic rings. The molecule has 4 nitrogen and oxygen atoms in total. The van der Waals surface area contributed by atoms with Gasteiger partial charge in [-0.2, -0.15) is 5.06 Å². The number of rotatable bonds is 4. The van der Waals surface area contributed by atoms with Crippen molar-refractivity contribution in [3.8, 4) is 0 Å². The van der Waals surface area contributed by atoms with E-state index in [-0.39, 0.29) is 12.2 Å². The van der Waals surface area contributed by atoms with Crippen molar-refractivity contribution in [3.05, 3.63) is 0 Å². The summed E-state index contributed by atoms with van der Waals surface area (Å²) < 4.78 is 9.88. The van der Waals surface area contributed by atoms with E-state index in [0.29, 0.717) is 13.1 Å². The molecular formula is C6H11NO3. The van der Waals surface area contributed by atoms with E-state index in [1.165, 1.54) is 5.06 Å². The Morgan fingerprint density at radius 1 is 1.20 bits per heavy atom. The summed E-state index contributed by atoms with van der Waals surface area (Å²) in [5, 5.41) is 10.4. The second-order valence-corrected chi connectivity index (χ2v) is 2.78. The standard InChI is InChI=1S/C6H11NO3/c8-7(1-5-3-9-5)2-6-4-10-6/h5-6,8H,1-4H2. The number of ether oxygens (including phenoxy) is 2. The van der Waals surface area contributed by atoms with Gasteiger partial charge >= 0.3 is 0 Å². The Kier molecular flexibility index (Phi) is 1.61. The molecule has 0 aromatic heterocycles. The van der Waals surface area contributed by atoms with Crippen LogP contribution in [-0.2, 0) is 9.47 Å². The number of nitrogens with zero attached hydrogens (tertiary/aromatic N) is 1. The van der Waals surface area contributed by atoms with E-state index in [1.54, 1.807) is 0 Å². The lowest BCUT2D eigenvalue weighted by atomic mass is 10.4. The lowest BCUT2D eigenvalue weighted by Gasteiger charge is -2.10. The number of epoxide rings is 2. The molecule has 0 aromatic rings. The zero-order chi connectivity index (χ0) is 6.97. The fourth-order valence-corrected chi connectivity index (χ4v) is 0.892. The van der Waals surface area contributed by atoms with Gasteiger partial charge in [-0.15, -0.1) is 0 Å². The van der Waals surface area contributed by atoms with Crippen LogP contribution in [0.2, 0.25) is 0 Å². The Morgan fingerprint density at radius 2 is 1.60 bits per heavy atom. The molecular weight excluding hydrogens is 134 g/mol. The summed E-state index contributed by atoms with van der Waals surface area (Å²) in [7, 11) is 0. The van der Waals surface area contributed by atoms with Crippen LogP contribution in [0.1, 0.15) is 0 Å². The summed E-state index contributed by atoms with van der Waals surface area (Å²) in [4.78, 5) is 0. The van der Waals surface area contributed by atoms with Crippen molar-refractivity contribution in [2.24, 2.45) is 0 Å². The van der Waals surface area contributed by atoms with Crippen LogP contribution in [-0.4, -0.2) is 48.8 Å². The SMILES string of the molecule is ON(CC1CO1)CC1CO1. The second kappa shape index (κ2) is 2.47. The summed E-state index contributed by atoms with van der Waals surface area (Å²) in [5.74, 6) is 0. The number of hydrogen-bond acceptors (Lipinski definition) is 4. The van der Waals surface area contributed by atoms with Gasteiger partial charge in [0.1, 0.15) is 0 Å². The van der Waals surface area contributed by atoms with Crippen molar-refractivity contribution < 1.29 is 14.7 Å². The lowest BCUT2D eigenvalue weighted by Crippen LogP contribution is -2.28. The lowest BCUT2D eigenvalue weighted by molar-refractivity contribution is -0.0975. The molecule has 1 N–H and O–H groups in total. The van der Waals surface area contributed by atoms with E-state index in [9.17, 15) is 0 Å². The van der Waals surface area contributed by atoms with Crippen molar-refractivity contribution in [2.45, 2.75) is 12.2 Å². The minimum absolute atomic E-state index is 0.267. The zero-order valence-corrected chi connectivity index (χ0v) is 5.69. The van der Waals surface area contributed by atoms with Crippen molar-refractivity contribution in [1.82, 2.24) is 5.06 Å². The van der Waals surface area contributed by atoms with Crippen LogP contribution in [0, 0.1) is 0 Å². The Bertz CT molecular complexity index is 108. The van der Waals surface area contributed by atoms with Crippen LogP contribution in [0.25, 0.3) is 0 Å². The predicted octanol–water partition coefficient (Wildman–Crippen LogP) is -0.525. The van der Waals surface area contributed by atoms with Gasteiger partial charge in [0, 0.05) is 0 Å². The number of hydroxylamine groups is 2. The fourth-order valence-electron chi connectivity index (χ4n) is 0.892. The molecule has 0 spiro atoms. The fraction of sp³-hybridized carbons (Fsp3) is 1.00. The van der Waals surface area contributed by atoms with E-state index in [0.717, 1.165) is 13.2 Å². The van der Waals surface area contributed by atoms with Crippen LogP contribution < -0.4 is 0 Å². The van der Waals surface area contributed by atoms with Crippen molar-refractivity contribution in [1.29, 1.82) is 0 Å². The molecule has 0 aliphatic carbocycles. The summed E-state index contributed by atoms with van der Waals surface area (Å²) in [5.41, 5.74) is 0. The summed E-state index contributed by atoms with van der Waals surface area (Å²) in [6, 6.07) is 0. The van der Waals surface area contributed by atoms with Gasteiger partial charge in [-0.3, -0.25) is 0 Å². The first-order chi connectivity index (χ1) is 4.84. The Hall–Kier alpha value is -0.160. The van der Waals surface area contributed by atoms with Crippen molar-refractivity contribution >= 4 is 0 Å². The molecule has 58 valence electrons. The van der Waals surface area contributed by atoms with E-state index >= 15 is 0 Å². The zero-order valence-electron chi connectivity index (χ0n) is 5.69. The predicted molar refractivity (Wildman–Crippen MR) is 32.8 cm³/mol. The highest BCUT2D eigenvalue weighted by Crippen LogP contribution is 2.13. The summed E-state index contributed by atoms with van der Waals surface area (Å²) in [6.07, 6.45) is 0.535. The Balaban J connectivity index is 1.60. The number of hydrogen-bond donors (Lipinski definition) is 1. The molecule has 4 heteroatoms. The van der Waals surface area contributed by atoms with Gasteiger partial charge < -0.3 is 14.7 Å². The first kappa shape index (κ1) is 6.54. The first-order valence-electron chi connectivity index (χ1n) is 3.51. The van der Waals surface area contributed by atoms with Crippen LogP contribution in [0.5, 0.6) is 0 Å². The highest BCUT2D eigenvalue weighted by Gasteiger charge is 2.29. The minimum atomic E-state index is 0.267. The molecule has 2 saturated heterocycles. The molecule has 0 saturated carbocycles. The maximum Gasteiger partial charge on any atom is 0.0959 e. The third kappa shape index (κ3) is 1.91. The van der Waals surface area contributed by atoms with E-state index in [4.69, 9.17) is 14.7 Å². The quantitative estimate of drug-likeness (QED) is 0.427. The van der Waals surface area contributed by atoms with E-state index in [1.807, 2.05) is 0 Å². The normalized spacial score (nSPS) is 36.6. The molecule has 0 amide bonds.